The van der Waals surface area contributed by atoms with Crippen LogP contribution < -0.4 is 11.5 Å². The summed E-state index contributed by atoms with van der Waals surface area (Å²) in [5.74, 6) is 0. The zero-order valence-corrected chi connectivity index (χ0v) is 10.3. The molecule has 3 nitrogen and oxygen atoms in total. The van der Waals surface area contributed by atoms with Gasteiger partial charge in [-0.25, -0.2) is 0 Å². The molecular formula is C15H18N2O. The highest BCUT2D eigenvalue weighted by molar-refractivity contribution is 5.74. The Morgan fingerprint density at radius 3 is 1.50 bits per heavy atom. The average Bonchev–Trinajstić information content (AvgIpc) is 2.49. The molecule has 0 radical (unpaired) electrons. The van der Waals surface area contributed by atoms with Crippen molar-refractivity contribution in [3.8, 4) is 0 Å². The topological polar surface area (TPSA) is 69.1 Å². The standard InChI is InChI=1S/C8H12N2.C7H6O/c9-5-7-1-2-8(6-10)4-3-7;8-6-7-4-2-1-3-5-7/h1-4H,5-6,9-10H2;1-6H. The number of hydrogen-bond donors (Lipinski definition) is 2. The SMILES string of the molecule is NCc1ccc(CN)cc1.O=Cc1ccccc1. The monoisotopic (exact) mass is 242 g/mol. The third kappa shape index (κ3) is 4.91. The van der Waals surface area contributed by atoms with E-state index in [0.717, 1.165) is 23.0 Å². The molecular weight excluding hydrogens is 224 g/mol. The number of benzene rings is 2. The highest BCUT2D eigenvalue weighted by Gasteiger charge is 1.88. The largest absolute Gasteiger partial charge is 0.326 e. The lowest BCUT2D eigenvalue weighted by molar-refractivity contribution is 0.112. The second kappa shape index (κ2) is 8.17. The lowest BCUT2D eigenvalue weighted by atomic mass is 10.1. The molecule has 0 amide bonds. The summed E-state index contributed by atoms with van der Waals surface area (Å²) < 4.78 is 0. The Balaban J connectivity index is 0.000000184. The summed E-state index contributed by atoms with van der Waals surface area (Å²) in [4.78, 5) is 10.0. The fourth-order valence-corrected chi connectivity index (χ4v) is 1.34. The predicted octanol–water partition coefficient (Wildman–Crippen LogP) is 2.10. The number of hydrogen-bond acceptors (Lipinski definition) is 3. The first-order valence-electron chi connectivity index (χ1n) is 5.78. The van der Waals surface area contributed by atoms with Gasteiger partial charge in [-0.3, -0.25) is 4.79 Å². The lowest BCUT2D eigenvalue weighted by Gasteiger charge is -1.97. The third-order valence-corrected chi connectivity index (χ3v) is 2.43. The van der Waals surface area contributed by atoms with E-state index in [1.54, 1.807) is 12.1 Å². The van der Waals surface area contributed by atoms with Gasteiger partial charge < -0.3 is 11.5 Å². The first kappa shape index (κ1) is 14.1. The molecule has 0 bridgehead atoms. The average molecular weight is 242 g/mol. The van der Waals surface area contributed by atoms with E-state index in [0.29, 0.717) is 13.1 Å². The molecule has 94 valence electrons. The third-order valence-electron chi connectivity index (χ3n) is 2.43. The second-order valence-electron chi connectivity index (χ2n) is 3.75. The van der Waals surface area contributed by atoms with E-state index >= 15 is 0 Å². The van der Waals surface area contributed by atoms with Crippen molar-refractivity contribution in [2.24, 2.45) is 11.5 Å². The maximum atomic E-state index is 10.0. The summed E-state index contributed by atoms with van der Waals surface area (Å²) in [6, 6.07) is 17.1. The first-order chi connectivity index (χ1) is 8.80. The molecule has 0 heterocycles. The second-order valence-corrected chi connectivity index (χ2v) is 3.75. The minimum absolute atomic E-state index is 0.602. The molecule has 0 aliphatic rings. The van der Waals surface area contributed by atoms with Crippen molar-refractivity contribution < 1.29 is 4.79 Å². The van der Waals surface area contributed by atoms with E-state index in [-0.39, 0.29) is 0 Å². The van der Waals surface area contributed by atoms with Gasteiger partial charge in [0.1, 0.15) is 6.29 Å². The number of nitrogens with two attached hydrogens (primary N) is 2. The summed E-state index contributed by atoms with van der Waals surface area (Å²) in [7, 11) is 0. The van der Waals surface area contributed by atoms with Crippen molar-refractivity contribution in [1.82, 2.24) is 0 Å². The van der Waals surface area contributed by atoms with Gasteiger partial charge in [0, 0.05) is 18.7 Å². The van der Waals surface area contributed by atoms with Crippen LogP contribution in [0.3, 0.4) is 0 Å². The smallest absolute Gasteiger partial charge is 0.150 e. The van der Waals surface area contributed by atoms with Crippen LogP contribution in [0, 0.1) is 0 Å². The van der Waals surface area contributed by atoms with Gasteiger partial charge in [-0.1, -0.05) is 54.6 Å². The Morgan fingerprint density at radius 1 is 0.778 bits per heavy atom. The summed E-state index contributed by atoms with van der Waals surface area (Å²) in [5, 5.41) is 0. The van der Waals surface area contributed by atoms with E-state index < -0.39 is 0 Å². The van der Waals surface area contributed by atoms with E-state index in [2.05, 4.69) is 0 Å². The Kier molecular flexibility index (Phi) is 6.40. The van der Waals surface area contributed by atoms with E-state index in [9.17, 15) is 4.79 Å². The quantitative estimate of drug-likeness (QED) is 0.810. The molecule has 0 spiro atoms. The molecule has 0 aliphatic heterocycles. The lowest BCUT2D eigenvalue weighted by Crippen LogP contribution is -1.98. The first-order valence-corrected chi connectivity index (χ1v) is 5.78. The van der Waals surface area contributed by atoms with Crippen LogP contribution in [-0.2, 0) is 13.1 Å². The minimum atomic E-state index is 0.602. The Bertz CT molecular complexity index is 429. The van der Waals surface area contributed by atoms with Crippen LogP contribution in [-0.4, -0.2) is 6.29 Å². The molecule has 2 rings (SSSR count). The molecule has 3 heteroatoms. The Labute approximate surface area is 107 Å². The van der Waals surface area contributed by atoms with Crippen LogP contribution in [0.4, 0.5) is 0 Å². The van der Waals surface area contributed by atoms with E-state index in [1.807, 2.05) is 42.5 Å². The van der Waals surface area contributed by atoms with Gasteiger partial charge in [-0.05, 0) is 11.1 Å². The van der Waals surface area contributed by atoms with Crippen LogP contribution in [0.5, 0.6) is 0 Å². The summed E-state index contributed by atoms with van der Waals surface area (Å²) in [5.41, 5.74) is 13.8. The summed E-state index contributed by atoms with van der Waals surface area (Å²) in [6.45, 7) is 1.20. The molecule has 2 aromatic carbocycles. The zero-order chi connectivity index (χ0) is 13.2. The van der Waals surface area contributed by atoms with Crippen molar-refractivity contribution in [1.29, 1.82) is 0 Å². The maximum Gasteiger partial charge on any atom is 0.150 e. The van der Waals surface area contributed by atoms with Crippen molar-refractivity contribution in [3.05, 3.63) is 71.3 Å². The molecule has 0 saturated heterocycles. The Morgan fingerprint density at radius 2 is 1.22 bits per heavy atom. The predicted molar refractivity (Wildman–Crippen MR) is 74.1 cm³/mol. The normalized spacial score (nSPS) is 9.22. The van der Waals surface area contributed by atoms with Crippen LogP contribution in [0.2, 0.25) is 0 Å². The van der Waals surface area contributed by atoms with Gasteiger partial charge in [-0.15, -0.1) is 0 Å². The van der Waals surface area contributed by atoms with Crippen molar-refractivity contribution in [3.63, 3.8) is 0 Å². The number of carbonyl (C=O) groups excluding carboxylic acids is 1. The summed E-state index contributed by atoms with van der Waals surface area (Å²) in [6.07, 6.45) is 0.833. The van der Waals surface area contributed by atoms with Crippen LogP contribution in [0.15, 0.2) is 54.6 Å². The number of carbonyl (C=O) groups is 1. The highest BCUT2D eigenvalue weighted by Crippen LogP contribution is 2.01. The molecule has 18 heavy (non-hydrogen) atoms. The van der Waals surface area contributed by atoms with Gasteiger partial charge in [0.15, 0.2) is 0 Å². The van der Waals surface area contributed by atoms with Gasteiger partial charge in [0.05, 0.1) is 0 Å². The fourth-order valence-electron chi connectivity index (χ4n) is 1.34. The molecule has 4 N–H and O–H groups in total. The molecule has 0 atom stereocenters. The maximum absolute atomic E-state index is 10.0. The fraction of sp³-hybridized carbons (Fsp3) is 0.133. The van der Waals surface area contributed by atoms with Gasteiger partial charge in [0.25, 0.3) is 0 Å². The summed E-state index contributed by atoms with van der Waals surface area (Å²) >= 11 is 0. The van der Waals surface area contributed by atoms with Crippen LogP contribution in [0.25, 0.3) is 0 Å². The molecule has 0 aliphatic carbocycles. The van der Waals surface area contributed by atoms with Gasteiger partial charge in [0.2, 0.25) is 0 Å². The molecule has 0 aromatic heterocycles. The van der Waals surface area contributed by atoms with Gasteiger partial charge in [-0.2, -0.15) is 0 Å². The van der Waals surface area contributed by atoms with Crippen molar-refractivity contribution in [2.45, 2.75) is 13.1 Å². The highest BCUT2D eigenvalue weighted by atomic mass is 16.1. The van der Waals surface area contributed by atoms with E-state index in [1.165, 1.54) is 0 Å². The Hall–Kier alpha value is -1.97. The zero-order valence-electron chi connectivity index (χ0n) is 10.3. The molecule has 0 unspecified atom stereocenters. The van der Waals surface area contributed by atoms with Crippen LogP contribution in [0.1, 0.15) is 21.5 Å². The molecule has 0 fully saturated rings. The number of aldehydes is 1. The van der Waals surface area contributed by atoms with Gasteiger partial charge >= 0.3 is 0 Å². The molecule has 2 aromatic rings. The van der Waals surface area contributed by atoms with E-state index in [4.69, 9.17) is 11.5 Å². The molecule has 0 saturated carbocycles. The minimum Gasteiger partial charge on any atom is -0.326 e. The van der Waals surface area contributed by atoms with Crippen molar-refractivity contribution >= 4 is 6.29 Å². The number of rotatable bonds is 3. The van der Waals surface area contributed by atoms with Crippen LogP contribution >= 0.6 is 0 Å². The van der Waals surface area contributed by atoms with Crippen molar-refractivity contribution in [2.75, 3.05) is 0 Å².